The van der Waals surface area contributed by atoms with Crippen LogP contribution in [0.4, 0.5) is 10.6 Å². The van der Waals surface area contributed by atoms with Gasteiger partial charge in [0.05, 0.1) is 0 Å². The van der Waals surface area contributed by atoms with Crippen molar-refractivity contribution in [3.05, 3.63) is 16.7 Å². The van der Waals surface area contributed by atoms with E-state index in [9.17, 15) is 13.2 Å². The molecule has 1 atom stereocenters. The van der Waals surface area contributed by atoms with E-state index < -0.39 is 27.8 Å². The number of carbonyl (C=O) groups is 1. The van der Waals surface area contributed by atoms with Crippen LogP contribution >= 0.6 is 15.9 Å². The second kappa shape index (κ2) is 6.85. The number of amides is 1. The molecule has 134 valence electrons. The van der Waals surface area contributed by atoms with Gasteiger partial charge in [-0.25, -0.2) is 22.9 Å². The number of nitrogens with one attached hydrogen (secondary N) is 1. The maximum Gasteiger partial charge on any atom is 0.410 e. The average Bonchev–Trinajstić information content (AvgIpc) is 2.87. The van der Waals surface area contributed by atoms with Crippen LogP contribution in [0, 0.1) is 0 Å². The van der Waals surface area contributed by atoms with Gasteiger partial charge in [0.25, 0.3) is 0 Å². The number of carbonyl (C=O) groups excluding carboxylic acids is 1. The molecule has 1 amide bonds. The maximum absolute atomic E-state index is 12.5. The van der Waals surface area contributed by atoms with Crippen molar-refractivity contribution < 1.29 is 17.9 Å². The maximum atomic E-state index is 12.5. The quantitative estimate of drug-likeness (QED) is 0.768. The van der Waals surface area contributed by atoms with Crippen LogP contribution in [0.1, 0.15) is 27.2 Å². The predicted octanol–water partition coefficient (Wildman–Crippen LogP) is 1.71. The summed E-state index contributed by atoms with van der Waals surface area (Å²) in [5.74, 6) is -0.0762. The molecule has 1 aromatic rings. The number of ether oxygens (including phenoxy) is 1. The third kappa shape index (κ3) is 4.81. The summed E-state index contributed by atoms with van der Waals surface area (Å²) >= 11 is 3.18. The first kappa shape index (κ1) is 18.9. The van der Waals surface area contributed by atoms with Gasteiger partial charge in [-0.3, -0.25) is 0 Å². The minimum atomic E-state index is -3.83. The minimum absolute atomic E-state index is 0.0762. The van der Waals surface area contributed by atoms with Gasteiger partial charge in [0.2, 0.25) is 10.0 Å². The summed E-state index contributed by atoms with van der Waals surface area (Å²) in [6, 6.07) is 0.992. The summed E-state index contributed by atoms with van der Waals surface area (Å²) in [7, 11) is -3.83. The Morgan fingerprint density at radius 1 is 1.50 bits per heavy atom. The van der Waals surface area contributed by atoms with Crippen molar-refractivity contribution in [2.75, 3.05) is 18.8 Å². The van der Waals surface area contributed by atoms with E-state index in [1.165, 1.54) is 17.2 Å². The molecule has 10 heteroatoms. The zero-order valence-electron chi connectivity index (χ0n) is 13.7. The van der Waals surface area contributed by atoms with Crippen LogP contribution in [0.3, 0.4) is 0 Å². The molecule has 0 radical (unpaired) electrons. The molecule has 0 aromatic carbocycles. The lowest BCUT2D eigenvalue weighted by atomic mass is 10.2. The lowest BCUT2D eigenvalue weighted by Gasteiger charge is -2.24. The molecular formula is C14H21BrN4O4S. The van der Waals surface area contributed by atoms with Crippen molar-refractivity contribution in [3.63, 3.8) is 0 Å². The van der Waals surface area contributed by atoms with E-state index in [2.05, 4.69) is 25.6 Å². The molecule has 2 rings (SSSR count). The Hall–Kier alpha value is -1.39. The number of anilines is 1. The lowest BCUT2D eigenvalue weighted by Crippen LogP contribution is -2.40. The zero-order valence-corrected chi connectivity index (χ0v) is 16.1. The van der Waals surface area contributed by atoms with Crippen molar-refractivity contribution in [1.29, 1.82) is 0 Å². The van der Waals surface area contributed by atoms with Crippen molar-refractivity contribution in [3.8, 4) is 0 Å². The van der Waals surface area contributed by atoms with E-state index in [-0.39, 0.29) is 17.3 Å². The largest absolute Gasteiger partial charge is 0.444 e. The smallest absolute Gasteiger partial charge is 0.410 e. The predicted molar refractivity (Wildman–Crippen MR) is 92.9 cm³/mol. The van der Waals surface area contributed by atoms with Gasteiger partial charge in [-0.05, 0) is 49.2 Å². The summed E-state index contributed by atoms with van der Waals surface area (Å²) in [5.41, 5.74) is 5.07. The molecule has 2 heterocycles. The monoisotopic (exact) mass is 420 g/mol. The molecule has 1 fully saturated rings. The molecule has 1 aromatic heterocycles. The van der Waals surface area contributed by atoms with Gasteiger partial charge >= 0.3 is 6.09 Å². The van der Waals surface area contributed by atoms with E-state index >= 15 is 0 Å². The van der Waals surface area contributed by atoms with Crippen LogP contribution in [0.5, 0.6) is 0 Å². The van der Waals surface area contributed by atoms with Crippen LogP contribution in [0.25, 0.3) is 0 Å². The van der Waals surface area contributed by atoms with E-state index in [0.717, 1.165) is 0 Å². The van der Waals surface area contributed by atoms with Gasteiger partial charge < -0.3 is 15.4 Å². The topological polar surface area (TPSA) is 115 Å². The number of hydrogen-bond donors (Lipinski definition) is 2. The highest BCUT2D eigenvalue weighted by Crippen LogP contribution is 2.22. The van der Waals surface area contributed by atoms with Gasteiger partial charge in [-0.15, -0.1) is 0 Å². The first-order valence-electron chi connectivity index (χ1n) is 7.39. The van der Waals surface area contributed by atoms with E-state index in [1.54, 1.807) is 20.8 Å². The van der Waals surface area contributed by atoms with Crippen molar-refractivity contribution >= 4 is 37.9 Å². The van der Waals surface area contributed by atoms with Gasteiger partial charge in [-0.1, -0.05) is 0 Å². The Kier molecular flexibility index (Phi) is 5.41. The third-order valence-corrected chi connectivity index (χ3v) is 5.28. The molecule has 8 nitrogen and oxygen atoms in total. The van der Waals surface area contributed by atoms with Gasteiger partial charge in [0.1, 0.15) is 16.3 Å². The SMILES string of the molecule is CC(C)(C)OC(=O)N1CC[C@H](NS(=O)(=O)c2cc(Br)cnc2N)C1. The average molecular weight is 421 g/mol. The first-order valence-corrected chi connectivity index (χ1v) is 9.67. The van der Waals surface area contributed by atoms with Gasteiger partial charge in [0.15, 0.2) is 0 Å². The number of rotatable bonds is 3. The molecule has 3 N–H and O–H groups in total. The summed E-state index contributed by atoms with van der Waals surface area (Å²) in [4.78, 5) is 17.3. The Morgan fingerprint density at radius 3 is 2.79 bits per heavy atom. The van der Waals surface area contributed by atoms with Gasteiger partial charge in [-0.2, -0.15) is 0 Å². The molecule has 1 aliphatic heterocycles. The van der Waals surface area contributed by atoms with E-state index in [4.69, 9.17) is 10.5 Å². The summed E-state index contributed by atoms with van der Waals surface area (Å²) < 4.78 is 33.3. The fourth-order valence-corrected chi connectivity index (χ4v) is 4.13. The molecule has 0 aliphatic carbocycles. The molecule has 0 bridgehead atoms. The van der Waals surface area contributed by atoms with Crippen LogP contribution in [0.15, 0.2) is 21.6 Å². The van der Waals surface area contributed by atoms with Crippen molar-refractivity contribution in [1.82, 2.24) is 14.6 Å². The Balaban J connectivity index is 2.04. The zero-order chi connectivity index (χ0) is 18.1. The summed E-state index contributed by atoms with van der Waals surface area (Å²) in [6.45, 7) is 6.02. The molecule has 24 heavy (non-hydrogen) atoms. The fraction of sp³-hybridized carbons (Fsp3) is 0.571. The first-order chi connectivity index (χ1) is 11.0. The number of hydrogen-bond acceptors (Lipinski definition) is 6. The standard InChI is InChI=1S/C14H21BrN4O4S/c1-14(2,3)23-13(20)19-5-4-10(8-19)18-24(21,22)11-6-9(15)7-17-12(11)16/h6-7,10,18H,4-5,8H2,1-3H3,(H2,16,17)/t10-/m0/s1. The number of nitrogens with two attached hydrogens (primary N) is 1. The highest BCUT2D eigenvalue weighted by Gasteiger charge is 2.33. The fourth-order valence-electron chi connectivity index (χ4n) is 2.28. The van der Waals surface area contributed by atoms with Crippen LogP contribution in [-0.2, 0) is 14.8 Å². The number of sulfonamides is 1. The molecular weight excluding hydrogens is 400 g/mol. The summed E-state index contributed by atoms with van der Waals surface area (Å²) in [6.07, 6.45) is 1.47. The second-order valence-electron chi connectivity index (χ2n) is 6.57. The van der Waals surface area contributed by atoms with Crippen molar-refractivity contribution in [2.24, 2.45) is 0 Å². The number of likely N-dealkylation sites (tertiary alicyclic amines) is 1. The number of nitrogen functional groups attached to an aromatic ring is 1. The van der Waals surface area contributed by atoms with Crippen LogP contribution in [0.2, 0.25) is 0 Å². The molecule has 0 spiro atoms. The Labute approximate surface area is 149 Å². The number of pyridine rings is 1. The van der Waals surface area contributed by atoms with Crippen LogP contribution in [-0.4, -0.2) is 49.1 Å². The third-order valence-electron chi connectivity index (χ3n) is 3.30. The van der Waals surface area contributed by atoms with Gasteiger partial charge in [0, 0.05) is 29.8 Å². The molecule has 1 saturated heterocycles. The van der Waals surface area contributed by atoms with E-state index in [0.29, 0.717) is 17.4 Å². The number of aromatic nitrogens is 1. The molecule has 0 saturated carbocycles. The Morgan fingerprint density at radius 2 is 2.17 bits per heavy atom. The molecule has 0 unspecified atom stereocenters. The van der Waals surface area contributed by atoms with E-state index in [1.807, 2.05) is 0 Å². The second-order valence-corrected chi connectivity index (χ2v) is 9.17. The minimum Gasteiger partial charge on any atom is -0.444 e. The van der Waals surface area contributed by atoms with Crippen molar-refractivity contribution in [2.45, 2.75) is 43.7 Å². The lowest BCUT2D eigenvalue weighted by molar-refractivity contribution is 0.0292. The highest BCUT2D eigenvalue weighted by atomic mass is 79.9. The van der Waals surface area contributed by atoms with Crippen LogP contribution < -0.4 is 10.5 Å². The normalized spacial score (nSPS) is 18.7. The Bertz CT molecular complexity index is 733. The summed E-state index contributed by atoms with van der Waals surface area (Å²) in [5, 5.41) is 0. The number of nitrogens with zero attached hydrogens (tertiary/aromatic N) is 2. The highest BCUT2D eigenvalue weighted by molar-refractivity contribution is 9.10. The number of halogens is 1. The molecule has 1 aliphatic rings.